The van der Waals surface area contributed by atoms with Crippen molar-refractivity contribution in [3.8, 4) is 0 Å². The summed E-state index contributed by atoms with van der Waals surface area (Å²) < 4.78 is 21.2. The number of ether oxygens (including phenoxy) is 3. The maximum atomic E-state index is 11.4. The van der Waals surface area contributed by atoms with E-state index in [0.717, 1.165) is 9.13 Å². The van der Waals surface area contributed by atoms with Crippen molar-refractivity contribution in [2.24, 2.45) is 5.92 Å². The molecule has 7 nitrogen and oxygen atoms in total. The predicted molar refractivity (Wildman–Crippen MR) is 162 cm³/mol. The zero-order chi connectivity index (χ0) is 27.9. The third kappa shape index (κ3) is 6.40. The van der Waals surface area contributed by atoms with E-state index in [-0.39, 0.29) is 19.1 Å². The van der Waals surface area contributed by atoms with Crippen LogP contribution in [0.2, 0.25) is 15.2 Å². The first kappa shape index (κ1) is 29.8. The molecule has 6 atom stereocenters. The molecule has 1 aromatic carbocycles. The number of nitrogens with zero attached hydrogens (tertiary/aromatic N) is 3. The highest BCUT2D eigenvalue weighted by molar-refractivity contribution is 14.1. The van der Waals surface area contributed by atoms with Crippen LogP contribution in [0.4, 0.5) is 0 Å². The second-order valence-corrected chi connectivity index (χ2v) is 13.1. The molecule has 1 aliphatic carbocycles. The molecule has 0 bridgehead atoms. The Morgan fingerprint density at radius 3 is 2.72 bits per heavy atom. The lowest BCUT2D eigenvalue weighted by molar-refractivity contribution is -0.0822. The summed E-state index contributed by atoms with van der Waals surface area (Å²) in [6, 6.07) is 5.16. The van der Waals surface area contributed by atoms with Crippen LogP contribution < -0.4 is 0 Å². The van der Waals surface area contributed by atoms with Gasteiger partial charge in [-0.05, 0) is 59.4 Å². The van der Waals surface area contributed by atoms with Crippen LogP contribution in [-0.4, -0.2) is 56.0 Å². The molecule has 2 aliphatic rings. The molecule has 208 valence electrons. The predicted octanol–water partition coefficient (Wildman–Crippen LogP) is 7.16. The molecule has 3 unspecified atom stereocenters. The first-order valence-electron chi connectivity index (χ1n) is 11.9. The largest absolute Gasteiger partial charge is 0.386 e. The SMILES string of the molecule is CC1(Cl)C=C(Cl)C=CC1COC[C@H]1OC(n2cc(I)c3c(Cl)ncnc32)[C@H](O)[C@@H]1OCc1ccc(Cl)cc1Cl. The van der Waals surface area contributed by atoms with Crippen LogP contribution in [0, 0.1) is 9.49 Å². The summed E-state index contributed by atoms with van der Waals surface area (Å²) in [5.74, 6) is -0.107. The molecule has 13 heteroatoms. The first-order valence-corrected chi connectivity index (χ1v) is 14.9. The van der Waals surface area contributed by atoms with Gasteiger partial charge in [0.05, 0.1) is 30.1 Å². The number of aliphatic hydroxyl groups excluding tert-OH is 1. The summed E-state index contributed by atoms with van der Waals surface area (Å²) in [6.45, 7) is 2.48. The molecule has 1 aliphatic heterocycles. The average Bonchev–Trinajstić information content (AvgIpc) is 3.36. The van der Waals surface area contributed by atoms with E-state index in [9.17, 15) is 5.11 Å². The molecule has 3 heterocycles. The number of rotatable bonds is 8. The molecule has 1 N–H and O–H groups in total. The summed E-state index contributed by atoms with van der Waals surface area (Å²) in [5, 5.41) is 14.0. The number of aromatic nitrogens is 3. The number of hydrogen-bond acceptors (Lipinski definition) is 6. The van der Waals surface area contributed by atoms with E-state index in [1.165, 1.54) is 6.33 Å². The lowest BCUT2D eigenvalue weighted by Crippen LogP contribution is -2.38. The number of alkyl halides is 1. The third-order valence-electron chi connectivity index (χ3n) is 6.76. The summed E-state index contributed by atoms with van der Waals surface area (Å²) in [6.07, 6.45) is 5.49. The Labute approximate surface area is 264 Å². The fraction of sp³-hybridized carbons (Fsp3) is 0.385. The van der Waals surface area contributed by atoms with E-state index in [4.69, 9.17) is 72.2 Å². The summed E-state index contributed by atoms with van der Waals surface area (Å²) >= 11 is 33.7. The molecule has 1 fully saturated rings. The zero-order valence-corrected chi connectivity index (χ0v) is 26.3. The summed E-state index contributed by atoms with van der Waals surface area (Å²) in [5.41, 5.74) is 1.27. The smallest absolute Gasteiger partial charge is 0.164 e. The van der Waals surface area contributed by atoms with Gasteiger partial charge in [0.25, 0.3) is 0 Å². The van der Waals surface area contributed by atoms with Gasteiger partial charge in [-0.2, -0.15) is 0 Å². The fourth-order valence-corrected chi connectivity index (χ4v) is 6.92. The highest BCUT2D eigenvalue weighted by Gasteiger charge is 2.46. The number of benzene rings is 1. The lowest BCUT2D eigenvalue weighted by atomic mass is 9.90. The lowest BCUT2D eigenvalue weighted by Gasteiger charge is -2.30. The van der Waals surface area contributed by atoms with Crippen LogP contribution in [-0.2, 0) is 20.8 Å². The van der Waals surface area contributed by atoms with Gasteiger partial charge in [0.1, 0.15) is 35.4 Å². The number of halogens is 6. The van der Waals surface area contributed by atoms with Crippen molar-refractivity contribution >= 4 is 91.6 Å². The second kappa shape index (κ2) is 12.3. The van der Waals surface area contributed by atoms with Gasteiger partial charge in [-0.15, -0.1) is 11.6 Å². The monoisotopic (exact) mass is 743 g/mol. The topological polar surface area (TPSA) is 78.6 Å². The quantitative estimate of drug-likeness (QED) is 0.150. The second-order valence-electron chi connectivity index (χ2n) is 9.50. The third-order valence-corrected chi connectivity index (χ3v) is 9.08. The van der Waals surface area contributed by atoms with Gasteiger partial charge in [0.15, 0.2) is 6.23 Å². The van der Waals surface area contributed by atoms with Crippen LogP contribution in [0.3, 0.4) is 0 Å². The Bertz CT molecular complexity index is 1430. The molecule has 0 saturated carbocycles. The van der Waals surface area contributed by atoms with Gasteiger partial charge in [-0.1, -0.05) is 58.5 Å². The first-order chi connectivity index (χ1) is 18.5. The zero-order valence-electron chi connectivity index (χ0n) is 20.4. The molecule has 0 spiro atoms. The van der Waals surface area contributed by atoms with Gasteiger partial charge < -0.3 is 23.9 Å². The van der Waals surface area contributed by atoms with Crippen LogP contribution in [0.15, 0.2) is 54.0 Å². The van der Waals surface area contributed by atoms with Gasteiger partial charge in [-0.25, -0.2) is 9.97 Å². The van der Waals surface area contributed by atoms with Crippen molar-refractivity contribution < 1.29 is 19.3 Å². The van der Waals surface area contributed by atoms with Gasteiger partial charge >= 0.3 is 0 Å². The molecule has 0 radical (unpaired) electrons. The minimum absolute atomic E-state index is 0.107. The maximum Gasteiger partial charge on any atom is 0.164 e. The van der Waals surface area contributed by atoms with E-state index in [0.29, 0.717) is 37.9 Å². The number of allylic oxidation sites excluding steroid dienone is 3. The van der Waals surface area contributed by atoms with E-state index < -0.39 is 29.4 Å². The van der Waals surface area contributed by atoms with Gasteiger partial charge in [0.2, 0.25) is 0 Å². The van der Waals surface area contributed by atoms with Crippen molar-refractivity contribution in [1.29, 1.82) is 0 Å². The Morgan fingerprint density at radius 1 is 1.18 bits per heavy atom. The Hall–Kier alpha value is -0.660. The van der Waals surface area contributed by atoms with Gasteiger partial charge in [-0.3, -0.25) is 0 Å². The average molecular weight is 746 g/mol. The molecule has 39 heavy (non-hydrogen) atoms. The normalized spacial score (nSPS) is 28.8. The molecule has 0 amide bonds. The molecule has 2 aromatic heterocycles. The number of hydrogen-bond donors (Lipinski definition) is 1. The fourth-order valence-electron chi connectivity index (χ4n) is 4.66. The maximum absolute atomic E-state index is 11.4. The number of fused-ring (bicyclic) bond motifs is 1. The van der Waals surface area contributed by atoms with Crippen molar-refractivity contribution in [2.75, 3.05) is 13.2 Å². The van der Waals surface area contributed by atoms with E-state index >= 15 is 0 Å². The van der Waals surface area contributed by atoms with Crippen LogP contribution in [0.25, 0.3) is 11.0 Å². The van der Waals surface area contributed by atoms with Crippen molar-refractivity contribution in [1.82, 2.24) is 14.5 Å². The van der Waals surface area contributed by atoms with Gasteiger partial charge in [0, 0.05) is 30.8 Å². The Balaban J connectivity index is 1.36. The van der Waals surface area contributed by atoms with Crippen LogP contribution in [0.1, 0.15) is 18.7 Å². The molecule has 1 saturated heterocycles. The minimum atomic E-state index is -1.06. The Morgan fingerprint density at radius 2 is 1.97 bits per heavy atom. The molecular weight excluding hydrogens is 722 g/mol. The van der Waals surface area contributed by atoms with E-state index in [1.54, 1.807) is 34.9 Å². The minimum Gasteiger partial charge on any atom is -0.386 e. The highest BCUT2D eigenvalue weighted by Crippen LogP contribution is 2.38. The van der Waals surface area contributed by atoms with Crippen molar-refractivity contribution in [3.05, 3.63) is 78.3 Å². The Kier molecular flexibility index (Phi) is 9.40. The van der Waals surface area contributed by atoms with Crippen LogP contribution in [0.5, 0.6) is 0 Å². The summed E-state index contributed by atoms with van der Waals surface area (Å²) in [4.78, 5) is 7.77. The molecule has 5 rings (SSSR count). The highest BCUT2D eigenvalue weighted by atomic mass is 127. The molecular formula is C26H23Cl5IN3O4. The molecule has 3 aromatic rings. The van der Waals surface area contributed by atoms with Crippen LogP contribution >= 0.6 is 80.6 Å². The summed E-state index contributed by atoms with van der Waals surface area (Å²) in [7, 11) is 0. The number of aliphatic hydroxyl groups is 1. The van der Waals surface area contributed by atoms with E-state index in [1.807, 2.05) is 19.2 Å². The standard InChI is InChI=1S/C26H23Cl5IN3O4/c1-26(31)7-16(28)5-3-14(26)10-37-11-19-22(38-9-13-2-4-15(27)6-17(13)29)21(36)25(39-19)35-8-18(32)20-23(30)33-12-34-24(20)35/h2-8,12,14,19,21-22,25,36H,9-11H2,1H3/t14?,19-,21-,22-,25?,26?/m1/s1. The van der Waals surface area contributed by atoms with Crippen molar-refractivity contribution in [3.63, 3.8) is 0 Å². The van der Waals surface area contributed by atoms with Crippen molar-refractivity contribution in [2.45, 2.75) is 42.9 Å². The van der Waals surface area contributed by atoms with E-state index in [2.05, 4.69) is 32.6 Å².